The van der Waals surface area contributed by atoms with Gasteiger partial charge in [-0.2, -0.15) is 0 Å². The summed E-state index contributed by atoms with van der Waals surface area (Å²) in [6.07, 6.45) is 6.02. The number of nitrogens with one attached hydrogen (secondary N) is 1. The zero-order valence-corrected chi connectivity index (χ0v) is 23.3. The summed E-state index contributed by atoms with van der Waals surface area (Å²) in [5, 5.41) is 12.7. The number of rotatable bonds is 8. The van der Waals surface area contributed by atoms with Crippen LogP contribution in [0.4, 0.5) is 0 Å². The maximum atomic E-state index is 13.5. The molecule has 0 unspecified atom stereocenters. The molecule has 2 aliphatic rings. The summed E-state index contributed by atoms with van der Waals surface area (Å²) in [4.78, 5) is 53.4. The first-order valence-corrected chi connectivity index (χ1v) is 13.8. The van der Waals surface area contributed by atoms with Crippen molar-refractivity contribution in [2.45, 2.75) is 83.4 Å². The monoisotopic (exact) mass is 542 g/mol. The molecule has 0 saturated carbocycles. The van der Waals surface area contributed by atoms with Crippen molar-refractivity contribution in [3.05, 3.63) is 48.0 Å². The van der Waals surface area contributed by atoms with Crippen LogP contribution in [0.2, 0.25) is 0 Å². The minimum Gasteiger partial charge on any atom is -0.463 e. The second-order valence-electron chi connectivity index (χ2n) is 11.4. The number of aliphatic hydroxyl groups excluding tert-OH is 1. The highest BCUT2D eigenvalue weighted by atomic mass is 16.6. The van der Waals surface area contributed by atoms with E-state index in [1.54, 1.807) is 37.8 Å². The fourth-order valence-electron chi connectivity index (χ4n) is 5.04. The van der Waals surface area contributed by atoms with Gasteiger partial charge in [0.2, 0.25) is 11.8 Å². The number of fused-ring (bicyclic) bond motifs is 1. The number of nitrogens with zero attached hydrogens (tertiary/aromatic N) is 1. The predicted octanol–water partition coefficient (Wildman–Crippen LogP) is 2.94. The number of aliphatic hydroxyl groups is 1. The van der Waals surface area contributed by atoms with Gasteiger partial charge in [-0.15, -0.1) is 0 Å². The van der Waals surface area contributed by atoms with E-state index < -0.39 is 35.4 Å². The summed E-state index contributed by atoms with van der Waals surface area (Å²) >= 11 is 0. The number of benzene rings is 1. The number of esters is 2. The maximum absolute atomic E-state index is 13.5. The Morgan fingerprint density at radius 1 is 1.10 bits per heavy atom. The van der Waals surface area contributed by atoms with E-state index in [0.717, 1.165) is 12.0 Å². The standard InChI is InChI=1S/C30H42N2O7/c1-30(2,3)39-27(35)18-23-13-8-7-12-22(28(36)32-15-9-14-25(32)20-38-29(23)37)17-26(34)31-24(19-33)16-21-10-5-4-6-11-21/h4-8,10-11,22-25,33H,9,12-20H2,1-3H3,(H,31,34)/b8-7+/t22-,23+,24+,25+/m0/s1. The summed E-state index contributed by atoms with van der Waals surface area (Å²) in [6.45, 7) is 5.71. The lowest BCUT2D eigenvalue weighted by Crippen LogP contribution is -2.45. The van der Waals surface area contributed by atoms with Gasteiger partial charge >= 0.3 is 11.9 Å². The van der Waals surface area contributed by atoms with Crippen molar-refractivity contribution in [2.24, 2.45) is 11.8 Å². The first-order valence-electron chi connectivity index (χ1n) is 13.8. The largest absolute Gasteiger partial charge is 0.463 e. The van der Waals surface area contributed by atoms with Gasteiger partial charge < -0.3 is 24.8 Å². The Bertz CT molecular complexity index is 1020. The van der Waals surface area contributed by atoms with Gasteiger partial charge in [0.1, 0.15) is 12.2 Å². The Morgan fingerprint density at radius 2 is 1.79 bits per heavy atom. The molecule has 0 aliphatic carbocycles. The van der Waals surface area contributed by atoms with Gasteiger partial charge in [-0.3, -0.25) is 19.2 Å². The van der Waals surface area contributed by atoms with Gasteiger partial charge in [-0.1, -0.05) is 42.5 Å². The number of hydrogen-bond acceptors (Lipinski definition) is 7. The van der Waals surface area contributed by atoms with E-state index in [-0.39, 0.29) is 50.3 Å². The molecule has 9 heteroatoms. The second-order valence-corrected chi connectivity index (χ2v) is 11.4. The van der Waals surface area contributed by atoms with Crippen LogP contribution in [0.25, 0.3) is 0 Å². The number of amides is 2. The number of ether oxygens (including phenoxy) is 2. The molecule has 214 valence electrons. The highest BCUT2D eigenvalue weighted by Gasteiger charge is 2.36. The summed E-state index contributed by atoms with van der Waals surface area (Å²) in [7, 11) is 0. The van der Waals surface area contributed by atoms with Crippen molar-refractivity contribution < 1.29 is 33.8 Å². The average Bonchev–Trinajstić information content (AvgIpc) is 3.35. The lowest BCUT2D eigenvalue weighted by atomic mass is 9.95. The molecule has 0 aromatic heterocycles. The number of allylic oxidation sites excluding steroid dienone is 2. The number of hydrogen-bond donors (Lipinski definition) is 2. The Hall–Kier alpha value is -3.20. The summed E-state index contributed by atoms with van der Waals surface area (Å²) in [6, 6.07) is 8.88. The first-order chi connectivity index (χ1) is 18.6. The second kappa shape index (κ2) is 14.3. The van der Waals surface area contributed by atoms with E-state index in [4.69, 9.17) is 9.47 Å². The Labute approximate surface area is 230 Å². The van der Waals surface area contributed by atoms with Crippen molar-refractivity contribution in [3.8, 4) is 0 Å². The van der Waals surface area contributed by atoms with E-state index in [9.17, 15) is 24.3 Å². The molecule has 2 heterocycles. The van der Waals surface area contributed by atoms with Gasteiger partial charge in [0.15, 0.2) is 0 Å². The third-order valence-corrected chi connectivity index (χ3v) is 6.94. The van der Waals surface area contributed by atoms with Crippen LogP contribution in [-0.4, -0.2) is 71.2 Å². The van der Waals surface area contributed by atoms with Crippen molar-refractivity contribution in [1.29, 1.82) is 0 Å². The maximum Gasteiger partial charge on any atom is 0.309 e. The fraction of sp³-hybridized carbons (Fsp3) is 0.600. The van der Waals surface area contributed by atoms with Crippen LogP contribution in [0, 0.1) is 11.8 Å². The number of cyclic esters (lactones) is 1. The molecule has 1 fully saturated rings. The molecular weight excluding hydrogens is 500 g/mol. The molecule has 1 saturated heterocycles. The molecule has 0 spiro atoms. The summed E-state index contributed by atoms with van der Waals surface area (Å²) in [5.41, 5.74) is 0.342. The van der Waals surface area contributed by atoms with Gasteiger partial charge in [-0.25, -0.2) is 0 Å². The molecule has 9 nitrogen and oxygen atoms in total. The summed E-state index contributed by atoms with van der Waals surface area (Å²) < 4.78 is 11.0. The zero-order valence-electron chi connectivity index (χ0n) is 23.3. The first kappa shape index (κ1) is 30.3. The minimum absolute atomic E-state index is 0.0151. The third-order valence-electron chi connectivity index (χ3n) is 6.94. The van der Waals surface area contributed by atoms with Crippen LogP contribution < -0.4 is 5.32 Å². The van der Waals surface area contributed by atoms with Gasteiger partial charge in [0, 0.05) is 13.0 Å². The molecule has 2 N–H and O–H groups in total. The van der Waals surface area contributed by atoms with Crippen LogP contribution >= 0.6 is 0 Å². The molecule has 0 bridgehead atoms. The van der Waals surface area contributed by atoms with Crippen LogP contribution in [0.1, 0.15) is 64.9 Å². The number of carbonyl (C=O) groups excluding carboxylic acids is 4. The van der Waals surface area contributed by atoms with Crippen LogP contribution in [-0.2, 0) is 35.1 Å². The van der Waals surface area contributed by atoms with Crippen LogP contribution in [0.3, 0.4) is 0 Å². The Morgan fingerprint density at radius 3 is 2.46 bits per heavy atom. The Kier molecular flexibility index (Phi) is 11.1. The number of carbonyl (C=O) groups is 4. The van der Waals surface area contributed by atoms with Crippen molar-refractivity contribution >= 4 is 23.8 Å². The van der Waals surface area contributed by atoms with Crippen LogP contribution in [0.5, 0.6) is 0 Å². The minimum atomic E-state index is -0.689. The average molecular weight is 543 g/mol. The quantitative estimate of drug-likeness (QED) is 0.383. The predicted molar refractivity (Wildman–Crippen MR) is 145 cm³/mol. The van der Waals surface area contributed by atoms with Gasteiger partial charge in [0.25, 0.3) is 0 Å². The molecular formula is C30H42N2O7. The molecule has 2 aliphatic heterocycles. The molecule has 3 rings (SSSR count). The lowest BCUT2D eigenvalue weighted by molar-refractivity contribution is -0.162. The fourth-order valence-corrected chi connectivity index (χ4v) is 5.04. The lowest BCUT2D eigenvalue weighted by Gasteiger charge is -2.29. The van der Waals surface area contributed by atoms with Gasteiger partial charge in [0.05, 0.1) is 36.9 Å². The zero-order chi connectivity index (χ0) is 28.4. The molecule has 0 radical (unpaired) electrons. The van der Waals surface area contributed by atoms with E-state index in [0.29, 0.717) is 25.8 Å². The smallest absolute Gasteiger partial charge is 0.309 e. The molecule has 4 atom stereocenters. The normalized spacial score (nSPS) is 24.0. The van der Waals surface area contributed by atoms with Crippen molar-refractivity contribution in [3.63, 3.8) is 0 Å². The highest BCUT2D eigenvalue weighted by molar-refractivity contribution is 5.86. The van der Waals surface area contributed by atoms with E-state index in [1.807, 2.05) is 30.3 Å². The van der Waals surface area contributed by atoms with Gasteiger partial charge in [-0.05, 0) is 58.4 Å². The third kappa shape index (κ3) is 9.80. The molecule has 39 heavy (non-hydrogen) atoms. The molecule has 2 amide bonds. The molecule has 1 aromatic rings. The SMILES string of the molecule is CC(C)(C)OC(=O)C[C@H]1C/C=C/C[C@@H](CC(=O)N[C@@H](CO)Cc2ccccc2)C(=O)N2CCC[C@@H]2COC1=O. The van der Waals surface area contributed by atoms with E-state index in [1.165, 1.54) is 0 Å². The molecule has 1 aromatic carbocycles. The van der Waals surface area contributed by atoms with E-state index >= 15 is 0 Å². The van der Waals surface area contributed by atoms with Crippen molar-refractivity contribution in [2.75, 3.05) is 19.8 Å². The summed E-state index contributed by atoms with van der Waals surface area (Å²) in [5.74, 6) is -2.65. The topological polar surface area (TPSA) is 122 Å². The van der Waals surface area contributed by atoms with Crippen LogP contribution in [0.15, 0.2) is 42.5 Å². The van der Waals surface area contributed by atoms with Crippen molar-refractivity contribution in [1.82, 2.24) is 10.2 Å². The Balaban J connectivity index is 1.69. The van der Waals surface area contributed by atoms with E-state index in [2.05, 4.69) is 5.32 Å². The highest BCUT2D eigenvalue weighted by Crippen LogP contribution is 2.26.